The lowest BCUT2D eigenvalue weighted by molar-refractivity contribution is -0.140. The monoisotopic (exact) mass is 871 g/mol. The normalized spacial score (nSPS) is 15.5. The Balaban J connectivity index is 1.53. The van der Waals surface area contributed by atoms with Crippen LogP contribution >= 0.6 is 0 Å². The molecule has 3 aromatic carbocycles. The van der Waals surface area contributed by atoms with Crippen molar-refractivity contribution in [3.63, 3.8) is 0 Å². The van der Waals surface area contributed by atoms with Crippen molar-refractivity contribution in [1.29, 1.82) is 0 Å². The van der Waals surface area contributed by atoms with E-state index in [1.54, 1.807) is 11.9 Å². The summed E-state index contributed by atoms with van der Waals surface area (Å²) < 4.78 is 18.5. The third-order valence-corrected chi connectivity index (χ3v) is 14.0. The van der Waals surface area contributed by atoms with E-state index >= 15 is 0 Å². The first-order valence-corrected chi connectivity index (χ1v) is 25.8. The molecule has 0 bridgehead atoms. The maximum atomic E-state index is 14.8. The minimum atomic E-state index is -2.30. The zero-order chi connectivity index (χ0) is 45.3. The average molecular weight is 871 g/mol. The molecule has 12 heteroatoms. The molecule has 3 aromatic rings. The summed E-state index contributed by atoms with van der Waals surface area (Å²) in [7, 11) is -0.551. The molecule has 0 saturated carbocycles. The standard InChI is InChI=1S/C50H74N4O7Si/c1-10-11-31-62(8,9)61-44(43(33-39-23-17-13-18-24-39)51-48(57)60-50(4,5)6)34-42(32-38-21-15-12-16-22-38)46(55)52-45(37(2)3)47(56)54-29-27-40(28-30-54)35-53(7)49(58)59-36-41-25-19-14-20-26-41/h12-26,37,40,42-45H,10-11,27-36H2,1-9H3,(H,51,57)(H,52,55)/t42-,43-,44+,45-/m0/s1. The summed E-state index contributed by atoms with van der Waals surface area (Å²) >= 11 is 0. The van der Waals surface area contributed by atoms with Gasteiger partial charge in [0.25, 0.3) is 0 Å². The number of benzene rings is 3. The number of rotatable bonds is 21. The molecule has 340 valence electrons. The minimum Gasteiger partial charge on any atom is -0.445 e. The molecule has 0 aromatic heterocycles. The van der Waals surface area contributed by atoms with Crippen molar-refractivity contribution in [3.05, 3.63) is 108 Å². The Morgan fingerprint density at radius 3 is 1.90 bits per heavy atom. The Morgan fingerprint density at radius 1 is 0.823 bits per heavy atom. The van der Waals surface area contributed by atoms with Crippen LogP contribution in [0.1, 0.15) is 90.3 Å². The zero-order valence-electron chi connectivity index (χ0n) is 38.9. The molecule has 11 nitrogen and oxygen atoms in total. The number of nitrogens with one attached hydrogen (secondary N) is 2. The van der Waals surface area contributed by atoms with Crippen molar-refractivity contribution in [1.82, 2.24) is 20.4 Å². The van der Waals surface area contributed by atoms with E-state index in [4.69, 9.17) is 13.9 Å². The van der Waals surface area contributed by atoms with Gasteiger partial charge in [-0.1, -0.05) is 125 Å². The van der Waals surface area contributed by atoms with Gasteiger partial charge in [-0.15, -0.1) is 0 Å². The van der Waals surface area contributed by atoms with Crippen molar-refractivity contribution in [2.45, 2.75) is 136 Å². The molecule has 1 aliphatic heterocycles. The van der Waals surface area contributed by atoms with Gasteiger partial charge in [-0.3, -0.25) is 9.59 Å². The molecule has 2 N–H and O–H groups in total. The second-order valence-corrected chi connectivity index (χ2v) is 23.3. The maximum absolute atomic E-state index is 14.8. The van der Waals surface area contributed by atoms with Crippen LogP contribution in [0.5, 0.6) is 0 Å². The molecule has 4 rings (SSSR count). The third kappa shape index (κ3) is 17.2. The number of amides is 4. The van der Waals surface area contributed by atoms with E-state index < -0.39 is 44.1 Å². The summed E-state index contributed by atoms with van der Waals surface area (Å²) in [6.07, 6.45) is 3.34. The van der Waals surface area contributed by atoms with Crippen LogP contribution in [0.15, 0.2) is 91.0 Å². The number of hydrogen-bond donors (Lipinski definition) is 2. The first-order valence-electron chi connectivity index (χ1n) is 22.7. The van der Waals surface area contributed by atoms with E-state index in [2.05, 4.69) is 30.7 Å². The van der Waals surface area contributed by atoms with Crippen molar-refractivity contribution in [2.75, 3.05) is 26.7 Å². The zero-order valence-corrected chi connectivity index (χ0v) is 39.9. The Hall–Kier alpha value is -4.68. The first-order chi connectivity index (χ1) is 29.4. The molecule has 1 heterocycles. The number of unbranched alkanes of at least 4 members (excludes halogenated alkanes) is 1. The van der Waals surface area contributed by atoms with E-state index in [-0.39, 0.29) is 36.4 Å². The number of carbonyl (C=O) groups excluding carboxylic acids is 4. The fourth-order valence-electron chi connectivity index (χ4n) is 8.04. The SMILES string of the molecule is CCCC[Si](C)(C)O[C@H](C[C@H](Cc1ccccc1)C(=O)N[C@H](C(=O)N1CCC(CN(C)C(=O)OCc2ccccc2)CC1)C(C)C)[C@H](Cc1ccccc1)NC(=O)OC(C)(C)C. The number of likely N-dealkylation sites (tertiary alicyclic amines) is 1. The van der Waals surface area contributed by atoms with Crippen LogP contribution in [-0.2, 0) is 42.9 Å². The number of alkyl carbamates (subject to hydrolysis) is 1. The maximum Gasteiger partial charge on any atom is 0.409 e. The molecular formula is C50H74N4O7Si. The van der Waals surface area contributed by atoms with Crippen LogP contribution in [0.3, 0.4) is 0 Å². The molecule has 62 heavy (non-hydrogen) atoms. The van der Waals surface area contributed by atoms with Crippen molar-refractivity contribution < 1.29 is 33.1 Å². The molecule has 1 aliphatic rings. The highest BCUT2D eigenvalue weighted by Crippen LogP contribution is 2.28. The summed E-state index contributed by atoms with van der Waals surface area (Å²) in [6, 6.07) is 29.3. The fourth-order valence-corrected chi connectivity index (χ4v) is 10.4. The van der Waals surface area contributed by atoms with Gasteiger partial charge < -0.3 is 34.3 Å². The summed E-state index contributed by atoms with van der Waals surface area (Å²) in [4.78, 5) is 58.9. The van der Waals surface area contributed by atoms with Gasteiger partial charge in [-0.05, 0) is 101 Å². The minimum absolute atomic E-state index is 0.102. The predicted molar refractivity (Wildman–Crippen MR) is 249 cm³/mol. The molecule has 0 aliphatic carbocycles. The lowest BCUT2D eigenvalue weighted by Crippen LogP contribution is -2.55. The first kappa shape index (κ1) is 50.0. The number of nitrogens with zero attached hydrogens (tertiary/aromatic N) is 2. The van der Waals surface area contributed by atoms with Gasteiger partial charge in [0, 0.05) is 32.6 Å². The highest BCUT2D eigenvalue weighted by Gasteiger charge is 2.38. The van der Waals surface area contributed by atoms with E-state index in [9.17, 15) is 19.2 Å². The van der Waals surface area contributed by atoms with Gasteiger partial charge in [0.05, 0.1) is 12.1 Å². The van der Waals surface area contributed by atoms with Crippen LogP contribution in [0, 0.1) is 17.8 Å². The van der Waals surface area contributed by atoms with Crippen LogP contribution in [-0.4, -0.2) is 92.6 Å². The topological polar surface area (TPSA) is 127 Å². The number of ether oxygens (including phenoxy) is 2. The van der Waals surface area contributed by atoms with Gasteiger partial charge in [0.2, 0.25) is 11.8 Å². The van der Waals surface area contributed by atoms with Crippen molar-refractivity contribution in [2.24, 2.45) is 17.8 Å². The van der Waals surface area contributed by atoms with Crippen LogP contribution in [0.2, 0.25) is 19.1 Å². The van der Waals surface area contributed by atoms with E-state index in [1.165, 1.54) is 0 Å². The van der Waals surface area contributed by atoms with Crippen molar-refractivity contribution >= 4 is 32.3 Å². The van der Waals surface area contributed by atoms with Gasteiger partial charge in [-0.25, -0.2) is 9.59 Å². The molecule has 0 spiro atoms. The molecule has 0 unspecified atom stereocenters. The summed E-state index contributed by atoms with van der Waals surface area (Å²) in [5.74, 6) is -0.844. The lowest BCUT2D eigenvalue weighted by atomic mass is 9.88. The second-order valence-electron chi connectivity index (χ2n) is 19.0. The Morgan fingerprint density at radius 2 is 1.37 bits per heavy atom. The molecule has 1 fully saturated rings. The van der Waals surface area contributed by atoms with Crippen LogP contribution in [0.25, 0.3) is 0 Å². The largest absolute Gasteiger partial charge is 0.445 e. The third-order valence-electron chi connectivity index (χ3n) is 11.5. The summed E-state index contributed by atoms with van der Waals surface area (Å²) in [6.45, 7) is 17.9. The predicted octanol–water partition coefficient (Wildman–Crippen LogP) is 9.41. The van der Waals surface area contributed by atoms with Crippen LogP contribution in [0.4, 0.5) is 9.59 Å². The number of piperidine rings is 1. The van der Waals surface area contributed by atoms with Crippen molar-refractivity contribution in [3.8, 4) is 0 Å². The van der Waals surface area contributed by atoms with E-state index in [0.29, 0.717) is 38.9 Å². The average Bonchev–Trinajstić information content (AvgIpc) is 3.23. The lowest BCUT2D eigenvalue weighted by Gasteiger charge is -2.38. The smallest absolute Gasteiger partial charge is 0.409 e. The molecule has 4 amide bonds. The summed E-state index contributed by atoms with van der Waals surface area (Å²) in [5, 5.41) is 6.41. The molecule has 0 radical (unpaired) electrons. The van der Waals surface area contributed by atoms with Gasteiger partial charge in [-0.2, -0.15) is 0 Å². The fraction of sp³-hybridized carbons (Fsp3) is 0.560. The van der Waals surface area contributed by atoms with Gasteiger partial charge in [0.15, 0.2) is 8.32 Å². The second kappa shape index (κ2) is 24.2. The Bertz CT molecular complexity index is 1810. The Kier molecular flexibility index (Phi) is 19.5. The van der Waals surface area contributed by atoms with Crippen LogP contribution < -0.4 is 10.6 Å². The van der Waals surface area contributed by atoms with E-state index in [0.717, 1.165) is 48.4 Å². The van der Waals surface area contributed by atoms with Gasteiger partial charge in [0.1, 0.15) is 18.2 Å². The number of hydrogen-bond acceptors (Lipinski definition) is 7. The quantitative estimate of drug-likeness (QED) is 0.102. The van der Waals surface area contributed by atoms with Gasteiger partial charge >= 0.3 is 12.2 Å². The summed E-state index contributed by atoms with van der Waals surface area (Å²) in [5.41, 5.74) is 2.26. The number of carbonyl (C=O) groups is 4. The molecular weight excluding hydrogens is 797 g/mol. The molecule has 4 atom stereocenters. The van der Waals surface area contributed by atoms with E-state index in [1.807, 2.05) is 131 Å². The Labute approximate surface area is 372 Å². The highest BCUT2D eigenvalue weighted by molar-refractivity contribution is 6.71. The molecule has 1 saturated heterocycles. The highest BCUT2D eigenvalue weighted by atomic mass is 28.4.